The third kappa shape index (κ3) is 14.6. The molecule has 16 heteroatoms. The predicted molar refractivity (Wildman–Crippen MR) is 219 cm³/mol. The van der Waals surface area contributed by atoms with E-state index in [9.17, 15) is 28.8 Å². The highest BCUT2D eigenvalue weighted by Crippen LogP contribution is 2.21. The van der Waals surface area contributed by atoms with Gasteiger partial charge < -0.3 is 47.2 Å². The van der Waals surface area contributed by atoms with E-state index in [1.165, 1.54) is 12.1 Å². The van der Waals surface area contributed by atoms with Crippen LogP contribution in [0.3, 0.4) is 0 Å². The highest BCUT2D eigenvalue weighted by atomic mass is 16.5. The van der Waals surface area contributed by atoms with Crippen LogP contribution in [0.4, 0.5) is 10.5 Å². The number of alkyl carbamates (subject to hydrolysis) is 1. The maximum Gasteiger partial charge on any atom is 0.408 e. The van der Waals surface area contributed by atoms with Crippen molar-refractivity contribution in [2.24, 2.45) is 34.2 Å². The molecule has 2 aromatic carbocycles. The van der Waals surface area contributed by atoms with Gasteiger partial charge in [0, 0.05) is 29.8 Å². The number of guanidine groups is 1. The number of benzene rings is 2. The van der Waals surface area contributed by atoms with Gasteiger partial charge in [0.05, 0.1) is 0 Å². The molecular weight excluding hydrogens is 732 g/mol. The number of carbonyl (C=O) groups excluding carboxylic acids is 5. The van der Waals surface area contributed by atoms with Crippen molar-refractivity contribution in [1.82, 2.24) is 21.3 Å². The summed E-state index contributed by atoms with van der Waals surface area (Å²) in [5.74, 6) is -3.28. The summed E-state index contributed by atoms with van der Waals surface area (Å²) in [7, 11) is 0. The molecule has 0 aliphatic rings. The highest BCUT2D eigenvalue weighted by Gasteiger charge is 2.34. The van der Waals surface area contributed by atoms with Crippen LogP contribution in [0.5, 0.6) is 0 Å². The first-order valence-corrected chi connectivity index (χ1v) is 19.3. The van der Waals surface area contributed by atoms with E-state index >= 15 is 0 Å². The Balaban J connectivity index is 1.77. The molecule has 0 unspecified atom stereocenters. The molecule has 0 saturated carbocycles. The van der Waals surface area contributed by atoms with Crippen LogP contribution in [0.2, 0.25) is 0 Å². The molecule has 5 amide bonds. The third-order valence-electron chi connectivity index (χ3n) is 9.37. The van der Waals surface area contributed by atoms with E-state index in [1.54, 1.807) is 39.8 Å². The second-order valence-electron chi connectivity index (χ2n) is 14.9. The monoisotopic (exact) mass is 790 g/mol. The number of ether oxygens (including phenoxy) is 1. The number of hydrogen-bond acceptors (Lipinski definition) is 9. The van der Waals surface area contributed by atoms with Crippen LogP contribution in [0.25, 0.3) is 11.0 Å². The number of aliphatic imine (C=N–C) groups is 1. The molecule has 0 aliphatic heterocycles. The molecule has 0 spiro atoms. The smallest absolute Gasteiger partial charge is 0.408 e. The summed E-state index contributed by atoms with van der Waals surface area (Å²) in [6, 6.07) is 11.1. The average Bonchev–Trinajstić information content (AvgIpc) is 3.15. The molecule has 0 aliphatic carbocycles. The first-order valence-electron chi connectivity index (χ1n) is 19.3. The second kappa shape index (κ2) is 22.0. The van der Waals surface area contributed by atoms with Gasteiger partial charge >= 0.3 is 11.7 Å². The Morgan fingerprint density at radius 3 is 2.11 bits per heavy atom. The fraction of sp³-hybridized carbons (Fsp3) is 0.488. The van der Waals surface area contributed by atoms with E-state index in [0.717, 1.165) is 5.56 Å². The summed E-state index contributed by atoms with van der Waals surface area (Å²) in [5, 5.41) is 14.5. The van der Waals surface area contributed by atoms with Crippen molar-refractivity contribution in [1.29, 1.82) is 0 Å². The molecule has 0 saturated heterocycles. The molecule has 16 nitrogen and oxygen atoms in total. The van der Waals surface area contributed by atoms with Gasteiger partial charge in [-0.25, -0.2) is 9.59 Å². The van der Waals surface area contributed by atoms with Crippen LogP contribution in [-0.2, 0) is 30.5 Å². The zero-order valence-corrected chi connectivity index (χ0v) is 33.8. The summed E-state index contributed by atoms with van der Waals surface area (Å²) in [6.45, 7) is 12.9. The molecule has 1 heterocycles. The van der Waals surface area contributed by atoms with Gasteiger partial charge in [-0.05, 0) is 67.2 Å². The van der Waals surface area contributed by atoms with Crippen LogP contribution in [0.1, 0.15) is 78.4 Å². The van der Waals surface area contributed by atoms with E-state index in [4.69, 9.17) is 20.6 Å². The molecule has 57 heavy (non-hydrogen) atoms. The van der Waals surface area contributed by atoms with Gasteiger partial charge in [-0.15, -0.1) is 0 Å². The molecule has 0 fully saturated rings. The summed E-state index contributed by atoms with van der Waals surface area (Å²) in [6.07, 6.45) is 0.468. The predicted octanol–water partition coefficient (Wildman–Crippen LogP) is 3.59. The van der Waals surface area contributed by atoms with Crippen molar-refractivity contribution in [3.63, 3.8) is 0 Å². The van der Waals surface area contributed by atoms with Gasteiger partial charge in [-0.3, -0.25) is 24.2 Å². The molecule has 9 N–H and O–H groups in total. The van der Waals surface area contributed by atoms with Gasteiger partial charge in [0.2, 0.25) is 23.6 Å². The number of nitrogens with one attached hydrogen (secondary N) is 5. The minimum Gasteiger partial charge on any atom is -0.445 e. The maximum absolute atomic E-state index is 13.9. The van der Waals surface area contributed by atoms with E-state index in [1.807, 2.05) is 51.1 Å². The Hall–Kier alpha value is -5.93. The van der Waals surface area contributed by atoms with E-state index in [2.05, 4.69) is 31.6 Å². The molecule has 0 bridgehead atoms. The van der Waals surface area contributed by atoms with E-state index in [-0.39, 0.29) is 49.4 Å². The number of aryl methyl sites for hydroxylation is 1. The number of hydrogen-bond donors (Lipinski definition) is 7. The van der Waals surface area contributed by atoms with Crippen molar-refractivity contribution in [2.45, 2.75) is 105 Å². The van der Waals surface area contributed by atoms with Crippen molar-refractivity contribution in [3.05, 3.63) is 76.1 Å². The first-order chi connectivity index (χ1) is 27.0. The lowest BCUT2D eigenvalue weighted by molar-refractivity contribution is -0.134. The van der Waals surface area contributed by atoms with Crippen molar-refractivity contribution in [2.75, 3.05) is 11.9 Å². The summed E-state index contributed by atoms with van der Waals surface area (Å²) in [5.41, 5.74) is 12.5. The second-order valence-corrected chi connectivity index (χ2v) is 14.9. The molecule has 310 valence electrons. The third-order valence-corrected chi connectivity index (χ3v) is 9.37. The van der Waals surface area contributed by atoms with Crippen LogP contribution in [-0.4, -0.2) is 66.4 Å². The fourth-order valence-electron chi connectivity index (χ4n) is 6.01. The van der Waals surface area contributed by atoms with Crippen LogP contribution >= 0.6 is 0 Å². The lowest BCUT2D eigenvalue weighted by atomic mass is 9.96. The zero-order valence-electron chi connectivity index (χ0n) is 33.8. The Morgan fingerprint density at radius 1 is 0.807 bits per heavy atom. The minimum atomic E-state index is -1.11. The van der Waals surface area contributed by atoms with E-state index < -0.39 is 65.4 Å². The van der Waals surface area contributed by atoms with Crippen molar-refractivity contribution in [3.8, 4) is 0 Å². The number of nitrogens with zero attached hydrogens (tertiary/aromatic N) is 1. The lowest BCUT2D eigenvalue weighted by Gasteiger charge is -2.29. The Labute approximate surface area is 333 Å². The SMILES string of the molecule is CC[C@H](C)[C@H](NC(=O)OCc1ccccc1)C(=O)N[C@@H](CC(C)C)C(=O)N[C@H](C(=O)N[C@@H](CCCN=C(N)N)C(=O)Nc1ccc2c(C)cc(=O)oc2c1)C(C)C. The molecule has 3 rings (SSSR count). The summed E-state index contributed by atoms with van der Waals surface area (Å²) >= 11 is 0. The quantitative estimate of drug-likeness (QED) is 0.0379. The Bertz CT molecular complexity index is 1930. The van der Waals surface area contributed by atoms with Crippen LogP contribution in [0, 0.1) is 24.7 Å². The maximum atomic E-state index is 13.9. The van der Waals surface area contributed by atoms with Crippen molar-refractivity contribution >= 4 is 52.3 Å². The van der Waals surface area contributed by atoms with Gasteiger partial charge in [0.25, 0.3) is 0 Å². The number of amides is 5. The number of rotatable bonds is 20. The minimum absolute atomic E-state index is 0.0139. The van der Waals surface area contributed by atoms with Gasteiger partial charge in [-0.1, -0.05) is 78.3 Å². The van der Waals surface area contributed by atoms with Gasteiger partial charge in [0.1, 0.15) is 36.4 Å². The van der Waals surface area contributed by atoms with Crippen molar-refractivity contribution < 1.29 is 33.1 Å². The summed E-state index contributed by atoms with van der Waals surface area (Å²) < 4.78 is 10.7. The van der Waals surface area contributed by atoms with Gasteiger partial charge in [-0.2, -0.15) is 0 Å². The number of anilines is 1. The molecule has 0 radical (unpaired) electrons. The van der Waals surface area contributed by atoms with E-state index in [0.29, 0.717) is 29.5 Å². The largest absolute Gasteiger partial charge is 0.445 e. The normalized spacial score (nSPS) is 13.8. The topological polar surface area (TPSA) is 249 Å². The first kappa shape index (κ1) is 45.5. The zero-order chi connectivity index (χ0) is 42.2. The molecule has 5 atom stereocenters. The molecule has 1 aromatic heterocycles. The van der Waals surface area contributed by atoms with Crippen LogP contribution < -0.4 is 43.7 Å². The van der Waals surface area contributed by atoms with Gasteiger partial charge in [0.15, 0.2) is 5.96 Å². The fourth-order valence-corrected chi connectivity index (χ4v) is 6.01. The Morgan fingerprint density at radius 2 is 1.47 bits per heavy atom. The number of fused-ring (bicyclic) bond motifs is 1. The lowest BCUT2D eigenvalue weighted by Crippen LogP contribution is -2.60. The molecule has 3 aromatic rings. The number of nitrogens with two attached hydrogens (primary N) is 2. The summed E-state index contributed by atoms with van der Waals surface area (Å²) in [4.78, 5) is 83.9. The highest BCUT2D eigenvalue weighted by molar-refractivity contribution is 6.00. The average molecular weight is 791 g/mol. The van der Waals surface area contributed by atoms with Crippen LogP contribution in [0.15, 0.2) is 68.8 Å². The number of carbonyl (C=O) groups is 5. The Kier molecular flexibility index (Phi) is 17.5. The standard InChI is InChI=1S/C41H58N8O8/c1-8-25(6)35(49-41(55)56-22-27-13-10-9-11-14-27)39(54)47-31(19-23(2)3)37(52)48-34(24(4)5)38(53)46-30(15-12-18-44-40(42)43)36(51)45-28-16-17-29-26(7)20-33(50)57-32(29)21-28/h9-11,13-14,16-17,20-21,23-25,30-31,34-35H,8,12,15,18-19,22H2,1-7H3,(H,45,51)(H,46,53)(H,47,54)(H,48,52)(H,49,55)(H4,42,43,44)/t25-,30-,31-,34-,35-/m0/s1. The molecular formula is C41H58N8O8.